The summed E-state index contributed by atoms with van der Waals surface area (Å²) >= 11 is 0. The molecule has 0 fully saturated rings. The molecule has 0 aliphatic heterocycles. The van der Waals surface area contributed by atoms with Crippen LogP contribution in [0.1, 0.15) is 19.5 Å². The minimum Gasteiger partial charge on any atom is -0.506 e. The van der Waals surface area contributed by atoms with Crippen LogP contribution < -0.4 is 0 Å². The van der Waals surface area contributed by atoms with E-state index in [4.69, 9.17) is 0 Å². The molecule has 22 heavy (non-hydrogen) atoms. The Morgan fingerprint density at radius 1 is 1.18 bits per heavy atom. The van der Waals surface area contributed by atoms with Crippen LogP contribution in [-0.4, -0.2) is 36.9 Å². The van der Waals surface area contributed by atoms with Crippen molar-refractivity contribution in [3.63, 3.8) is 0 Å². The largest absolute Gasteiger partial charge is 0.506 e. The fourth-order valence-corrected chi connectivity index (χ4v) is 2.85. The number of fused-ring (bicyclic) bond motifs is 1. The molecule has 119 valence electrons. The first kappa shape index (κ1) is 21.4. The first-order chi connectivity index (χ1) is 9.87. The molecule has 7 heteroatoms. The number of phenolic OH excluding ortho intramolecular Hbond substituents is 1. The normalized spacial score (nSPS) is 10.8. The summed E-state index contributed by atoms with van der Waals surface area (Å²) in [5, 5.41) is 10.2. The molecule has 1 heterocycles. The van der Waals surface area contributed by atoms with Crippen LogP contribution >= 0.6 is 0 Å². The van der Waals surface area contributed by atoms with Crippen LogP contribution in [0.3, 0.4) is 0 Å². The number of hydrogen-bond acceptors (Lipinski definition) is 4. The molecule has 1 aromatic heterocycles. The summed E-state index contributed by atoms with van der Waals surface area (Å²) in [6.07, 6.45) is 0.472. The smallest absolute Gasteiger partial charge is 0.243 e. The van der Waals surface area contributed by atoms with Gasteiger partial charge < -0.3 is 12.0 Å². The minimum atomic E-state index is -3.57. The molecule has 5 nitrogen and oxygen atoms in total. The van der Waals surface area contributed by atoms with Gasteiger partial charge in [-0.3, -0.25) is 4.98 Å². The van der Waals surface area contributed by atoms with Gasteiger partial charge in [-0.25, -0.2) is 12.7 Å². The Hall–Kier alpha value is -0.556. The molecule has 0 saturated carbocycles. The first-order valence-corrected chi connectivity index (χ1v) is 8.15. The van der Waals surface area contributed by atoms with Gasteiger partial charge in [0.1, 0.15) is 11.3 Å². The van der Waals surface area contributed by atoms with Gasteiger partial charge >= 0.3 is 0 Å². The Morgan fingerprint density at radius 2 is 1.77 bits per heavy atom. The van der Waals surface area contributed by atoms with Crippen molar-refractivity contribution < 1.29 is 46.2 Å². The maximum Gasteiger partial charge on any atom is 0.243 e. The molecule has 0 saturated heterocycles. The number of phenols is 1. The summed E-state index contributed by atoms with van der Waals surface area (Å²) in [7, 11) is -0.645. The molecule has 1 N–H and O–H groups in total. The second-order valence-electron chi connectivity index (χ2n) is 4.32. The predicted octanol–water partition coefficient (Wildman–Crippen LogP) is 2.59. The average molecular weight is 398 g/mol. The van der Waals surface area contributed by atoms with Crippen molar-refractivity contribution in [3.05, 3.63) is 36.9 Å². The van der Waals surface area contributed by atoms with Gasteiger partial charge in [-0.1, -0.05) is 13.8 Å². The SMILES string of the molecule is CC.[CH2-]Cc1ccc2c(S(=O)(=O)N(C)C)ccc(O)c2n1.[Y]. The van der Waals surface area contributed by atoms with Gasteiger partial charge in [0.2, 0.25) is 10.0 Å². The van der Waals surface area contributed by atoms with Crippen molar-refractivity contribution in [2.75, 3.05) is 14.1 Å². The third-order valence-electron chi connectivity index (χ3n) is 2.87. The van der Waals surface area contributed by atoms with Crippen molar-refractivity contribution in [1.29, 1.82) is 0 Å². The van der Waals surface area contributed by atoms with Crippen molar-refractivity contribution in [2.45, 2.75) is 25.2 Å². The summed E-state index contributed by atoms with van der Waals surface area (Å²) in [6, 6.07) is 6.10. The van der Waals surface area contributed by atoms with E-state index >= 15 is 0 Å². The summed E-state index contributed by atoms with van der Waals surface area (Å²) in [4.78, 5) is 4.36. The molecule has 0 atom stereocenters. The number of pyridine rings is 1. The van der Waals surface area contributed by atoms with Gasteiger partial charge in [-0.15, -0.1) is 6.42 Å². The Morgan fingerprint density at radius 3 is 2.27 bits per heavy atom. The third kappa shape index (κ3) is 4.25. The van der Waals surface area contributed by atoms with E-state index in [1.54, 1.807) is 12.1 Å². The molecule has 0 aliphatic carbocycles. The first-order valence-electron chi connectivity index (χ1n) is 6.71. The molecule has 0 spiro atoms. The molecular formula is C15H21N2O3SY-. The van der Waals surface area contributed by atoms with Crippen LogP contribution in [0.4, 0.5) is 0 Å². The maximum absolute atomic E-state index is 12.2. The Labute approximate surface area is 157 Å². The molecule has 0 bridgehead atoms. The standard InChI is InChI=1S/C13H15N2O3S.C2H6.Y/c1-4-9-5-6-10-12(19(17,18)15(2)3)8-7-11(16)13(10)14-9;1-2;/h5-8,16H,1,4H2,2-3H3;1-2H3;/q-1;;. The van der Waals surface area contributed by atoms with Gasteiger partial charge in [-0.05, 0) is 24.3 Å². The van der Waals surface area contributed by atoms with E-state index in [1.165, 1.54) is 26.2 Å². The molecule has 0 amide bonds. The minimum absolute atomic E-state index is 0. The van der Waals surface area contributed by atoms with Crippen LogP contribution in [0.25, 0.3) is 10.9 Å². The zero-order chi connectivity index (χ0) is 16.2. The van der Waals surface area contributed by atoms with Crippen LogP contribution in [0.15, 0.2) is 29.2 Å². The average Bonchev–Trinajstić information content (AvgIpc) is 2.49. The van der Waals surface area contributed by atoms with Gasteiger partial charge in [0, 0.05) is 57.9 Å². The summed E-state index contributed by atoms with van der Waals surface area (Å²) in [5.74, 6) is -0.0389. The molecule has 1 radical (unpaired) electrons. The van der Waals surface area contributed by atoms with Crippen molar-refractivity contribution in [2.24, 2.45) is 0 Å². The Bertz CT molecular complexity index is 731. The van der Waals surface area contributed by atoms with E-state index < -0.39 is 10.0 Å². The number of nitrogens with zero attached hydrogens (tertiary/aromatic N) is 2. The fraction of sp³-hybridized carbons (Fsp3) is 0.333. The molecule has 0 unspecified atom stereocenters. The summed E-state index contributed by atoms with van der Waals surface area (Å²) in [6.45, 7) is 7.72. The summed E-state index contributed by atoms with van der Waals surface area (Å²) in [5.41, 5.74) is 0.978. The monoisotopic (exact) mass is 398 g/mol. The van der Waals surface area contributed by atoms with Gasteiger partial charge in [0.25, 0.3) is 0 Å². The van der Waals surface area contributed by atoms with Crippen molar-refractivity contribution in [3.8, 4) is 5.75 Å². The second-order valence-corrected chi connectivity index (χ2v) is 6.44. The number of benzene rings is 1. The van der Waals surface area contributed by atoms with Gasteiger partial charge in [0.05, 0.1) is 4.90 Å². The Kier molecular flexibility index (Phi) is 8.69. The van der Waals surface area contributed by atoms with E-state index in [-0.39, 0.29) is 48.9 Å². The van der Waals surface area contributed by atoms with Crippen LogP contribution in [-0.2, 0) is 49.2 Å². The van der Waals surface area contributed by atoms with Gasteiger partial charge in [0.15, 0.2) is 0 Å². The van der Waals surface area contributed by atoms with E-state index in [9.17, 15) is 13.5 Å². The molecule has 2 rings (SSSR count). The van der Waals surface area contributed by atoms with Crippen LogP contribution in [0, 0.1) is 6.92 Å². The molecule has 2 aromatic rings. The molecule has 0 aliphatic rings. The third-order valence-corrected chi connectivity index (χ3v) is 4.74. The fourth-order valence-electron chi connectivity index (χ4n) is 1.78. The topological polar surface area (TPSA) is 70.5 Å². The van der Waals surface area contributed by atoms with E-state index in [2.05, 4.69) is 11.9 Å². The van der Waals surface area contributed by atoms with Crippen LogP contribution in [0.2, 0.25) is 0 Å². The zero-order valence-corrected chi connectivity index (χ0v) is 17.0. The maximum atomic E-state index is 12.2. The number of sulfonamides is 1. The van der Waals surface area contributed by atoms with E-state index in [0.717, 1.165) is 4.31 Å². The number of hydrogen-bond donors (Lipinski definition) is 1. The van der Waals surface area contributed by atoms with Crippen LogP contribution in [0.5, 0.6) is 5.75 Å². The predicted molar refractivity (Wildman–Crippen MR) is 84.7 cm³/mol. The van der Waals surface area contributed by atoms with E-state index in [0.29, 0.717) is 17.5 Å². The quantitative estimate of drug-likeness (QED) is 0.807. The second kappa shape index (κ2) is 8.92. The molecule has 1 aromatic carbocycles. The number of aromatic hydroxyl groups is 1. The summed E-state index contributed by atoms with van der Waals surface area (Å²) < 4.78 is 25.6. The van der Waals surface area contributed by atoms with Crippen molar-refractivity contribution in [1.82, 2.24) is 9.29 Å². The van der Waals surface area contributed by atoms with Crippen molar-refractivity contribution >= 4 is 20.9 Å². The van der Waals surface area contributed by atoms with Gasteiger partial charge in [-0.2, -0.15) is 0 Å². The van der Waals surface area contributed by atoms with E-state index in [1.807, 2.05) is 13.8 Å². The zero-order valence-electron chi connectivity index (χ0n) is 13.4. The molecular weight excluding hydrogens is 377 g/mol. The number of rotatable bonds is 3. The number of aromatic nitrogens is 1. The Balaban J connectivity index is 0.00000141.